The van der Waals surface area contributed by atoms with Crippen LogP contribution in [0.1, 0.15) is 25.5 Å². The van der Waals surface area contributed by atoms with Crippen molar-refractivity contribution in [3.8, 4) is 5.75 Å². The van der Waals surface area contributed by atoms with Gasteiger partial charge in [0, 0.05) is 12.6 Å². The number of furan rings is 1. The largest absolute Gasteiger partial charge is 0.483 e. The van der Waals surface area contributed by atoms with E-state index in [1.165, 1.54) is 0 Å². The van der Waals surface area contributed by atoms with Gasteiger partial charge in [-0.15, -0.1) is 0 Å². The summed E-state index contributed by atoms with van der Waals surface area (Å²) < 4.78 is 11.0. The fourth-order valence-electron chi connectivity index (χ4n) is 2.66. The first kappa shape index (κ1) is 14.5. The zero-order chi connectivity index (χ0) is 15.4. The van der Waals surface area contributed by atoms with E-state index in [2.05, 4.69) is 12.2 Å². The van der Waals surface area contributed by atoms with Gasteiger partial charge < -0.3 is 19.4 Å². The number of nitrogens with one attached hydrogen (secondary N) is 1. The molecule has 2 aromatic rings. The molecule has 0 radical (unpaired) electrons. The SMILES string of the molecule is C[C@H]1CCCN1C(=O)Nc1ccccc1OCc1ccco1. The molecule has 1 aliphatic heterocycles. The lowest BCUT2D eigenvalue weighted by Crippen LogP contribution is -2.37. The number of carbonyl (C=O) groups is 1. The quantitative estimate of drug-likeness (QED) is 0.932. The van der Waals surface area contributed by atoms with E-state index >= 15 is 0 Å². The van der Waals surface area contributed by atoms with Crippen molar-refractivity contribution < 1.29 is 13.9 Å². The highest BCUT2D eigenvalue weighted by atomic mass is 16.5. The average molecular weight is 300 g/mol. The molecule has 5 nitrogen and oxygen atoms in total. The minimum Gasteiger partial charge on any atom is -0.483 e. The van der Waals surface area contributed by atoms with Gasteiger partial charge in [0.2, 0.25) is 0 Å². The van der Waals surface area contributed by atoms with E-state index in [-0.39, 0.29) is 12.1 Å². The third-order valence-electron chi connectivity index (χ3n) is 3.89. The number of benzene rings is 1. The summed E-state index contributed by atoms with van der Waals surface area (Å²) in [6.07, 6.45) is 3.73. The molecule has 3 rings (SSSR count). The van der Waals surface area contributed by atoms with Crippen molar-refractivity contribution in [2.45, 2.75) is 32.4 Å². The molecule has 0 unspecified atom stereocenters. The molecular formula is C17H20N2O3. The molecule has 22 heavy (non-hydrogen) atoms. The fraction of sp³-hybridized carbons (Fsp3) is 0.353. The van der Waals surface area contributed by atoms with Gasteiger partial charge in [0.1, 0.15) is 18.1 Å². The van der Waals surface area contributed by atoms with E-state index in [4.69, 9.17) is 9.15 Å². The second kappa shape index (κ2) is 6.56. The molecule has 0 aliphatic carbocycles. The van der Waals surface area contributed by atoms with Crippen LogP contribution in [0.15, 0.2) is 47.1 Å². The number of likely N-dealkylation sites (tertiary alicyclic amines) is 1. The maximum Gasteiger partial charge on any atom is 0.322 e. The number of anilines is 1. The number of hydrogen-bond acceptors (Lipinski definition) is 3. The molecule has 2 amide bonds. The van der Waals surface area contributed by atoms with Gasteiger partial charge >= 0.3 is 6.03 Å². The molecule has 1 aromatic carbocycles. The fourth-order valence-corrected chi connectivity index (χ4v) is 2.66. The van der Waals surface area contributed by atoms with Gasteiger partial charge in [-0.05, 0) is 44.0 Å². The van der Waals surface area contributed by atoms with Gasteiger partial charge in [0.25, 0.3) is 0 Å². The number of hydrogen-bond donors (Lipinski definition) is 1. The second-order valence-corrected chi connectivity index (χ2v) is 5.48. The Labute approximate surface area is 129 Å². The predicted molar refractivity (Wildman–Crippen MR) is 83.9 cm³/mol. The van der Waals surface area contributed by atoms with Gasteiger partial charge in [-0.2, -0.15) is 0 Å². The lowest BCUT2D eigenvalue weighted by atomic mass is 10.2. The van der Waals surface area contributed by atoms with Crippen molar-refractivity contribution in [2.75, 3.05) is 11.9 Å². The summed E-state index contributed by atoms with van der Waals surface area (Å²) in [7, 11) is 0. The van der Waals surface area contributed by atoms with E-state index < -0.39 is 0 Å². The Morgan fingerprint density at radius 3 is 2.95 bits per heavy atom. The Morgan fingerprint density at radius 1 is 1.36 bits per heavy atom. The van der Waals surface area contributed by atoms with E-state index in [1.807, 2.05) is 41.3 Å². The van der Waals surface area contributed by atoms with Crippen LogP contribution in [0.5, 0.6) is 5.75 Å². The van der Waals surface area contributed by atoms with Crippen molar-refractivity contribution in [3.05, 3.63) is 48.4 Å². The molecule has 1 aromatic heterocycles. The minimum atomic E-state index is -0.0703. The molecular weight excluding hydrogens is 280 g/mol. The number of para-hydroxylation sites is 2. The van der Waals surface area contributed by atoms with Crippen LogP contribution < -0.4 is 10.1 Å². The first-order chi connectivity index (χ1) is 10.7. The maximum absolute atomic E-state index is 12.4. The molecule has 5 heteroatoms. The number of nitrogens with zero attached hydrogens (tertiary/aromatic N) is 1. The Hall–Kier alpha value is -2.43. The summed E-state index contributed by atoms with van der Waals surface area (Å²) in [5, 5.41) is 2.94. The van der Waals surface area contributed by atoms with Crippen LogP contribution in [-0.4, -0.2) is 23.5 Å². The Bertz CT molecular complexity index is 625. The van der Waals surface area contributed by atoms with Crippen LogP contribution in [0, 0.1) is 0 Å². The van der Waals surface area contributed by atoms with Crippen LogP contribution in [0.25, 0.3) is 0 Å². The summed E-state index contributed by atoms with van der Waals surface area (Å²) in [6.45, 7) is 3.22. The van der Waals surface area contributed by atoms with Gasteiger partial charge in [-0.1, -0.05) is 12.1 Å². The molecule has 1 saturated heterocycles. The standard InChI is InChI=1S/C17H20N2O3/c1-13-6-4-10-19(13)17(20)18-15-8-2-3-9-16(15)22-12-14-7-5-11-21-14/h2-3,5,7-9,11,13H,4,6,10,12H2,1H3,(H,18,20)/t13-/m0/s1. The van der Waals surface area contributed by atoms with Gasteiger partial charge in [-0.3, -0.25) is 0 Å². The van der Waals surface area contributed by atoms with Crippen LogP contribution in [0.3, 0.4) is 0 Å². The molecule has 116 valence electrons. The summed E-state index contributed by atoms with van der Waals surface area (Å²) in [5.74, 6) is 1.38. The first-order valence-corrected chi connectivity index (χ1v) is 7.56. The van der Waals surface area contributed by atoms with Gasteiger partial charge in [-0.25, -0.2) is 4.79 Å². The van der Waals surface area contributed by atoms with Crippen molar-refractivity contribution in [1.82, 2.24) is 4.90 Å². The smallest absolute Gasteiger partial charge is 0.322 e. The monoisotopic (exact) mass is 300 g/mol. The van der Waals surface area contributed by atoms with Crippen LogP contribution in [-0.2, 0) is 6.61 Å². The first-order valence-electron chi connectivity index (χ1n) is 7.56. The third kappa shape index (κ3) is 3.24. The van der Waals surface area contributed by atoms with Crippen molar-refractivity contribution in [2.24, 2.45) is 0 Å². The van der Waals surface area contributed by atoms with E-state index in [1.54, 1.807) is 6.26 Å². The number of ether oxygens (including phenoxy) is 1. The van der Waals surface area contributed by atoms with Crippen LogP contribution in [0.2, 0.25) is 0 Å². The highest BCUT2D eigenvalue weighted by Crippen LogP contribution is 2.26. The zero-order valence-electron chi connectivity index (χ0n) is 12.6. The second-order valence-electron chi connectivity index (χ2n) is 5.48. The van der Waals surface area contributed by atoms with Crippen LogP contribution >= 0.6 is 0 Å². The van der Waals surface area contributed by atoms with E-state index in [0.717, 1.165) is 25.1 Å². The van der Waals surface area contributed by atoms with Gasteiger partial charge in [0.05, 0.1) is 12.0 Å². The Kier molecular flexibility index (Phi) is 4.32. The third-order valence-corrected chi connectivity index (χ3v) is 3.89. The number of amides is 2. The zero-order valence-corrected chi connectivity index (χ0v) is 12.6. The minimum absolute atomic E-state index is 0.0703. The number of urea groups is 1. The van der Waals surface area contributed by atoms with E-state index in [9.17, 15) is 4.79 Å². The summed E-state index contributed by atoms with van der Waals surface area (Å²) in [5.41, 5.74) is 0.679. The topological polar surface area (TPSA) is 54.7 Å². The molecule has 0 spiro atoms. The van der Waals surface area contributed by atoms with Crippen molar-refractivity contribution in [1.29, 1.82) is 0 Å². The van der Waals surface area contributed by atoms with Crippen LogP contribution in [0.4, 0.5) is 10.5 Å². The predicted octanol–water partition coefficient (Wildman–Crippen LogP) is 3.87. The summed E-state index contributed by atoms with van der Waals surface area (Å²) in [4.78, 5) is 14.2. The molecule has 0 bridgehead atoms. The maximum atomic E-state index is 12.4. The molecule has 0 saturated carbocycles. The Balaban J connectivity index is 1.66. The normalized spacial score (nSPS) is 17.5. The molecule has 1 aliphatic rings. The average Bonchev–Trinajstić information content (AvgIpc) is 3.17. The van der Waals surface area contributed by atoms with E-state index in [0.29, 0.717) is 18.0 Å². The molecule has 1 N–H and O–H groups in total. The lowest BCUT2D eigenvalue weighted by molar-refractivity contribution is 0.210. The number of carbonyl (C=O) groups excluding carboxylic acids is 1. The highest BCUT2D eigenvalue weighted by molar-refractivity contribution is 5.91. The number of rotatable bonds is 4. The Morgan fingerprint density at radius 2 is 2.23 bits per heavy atom. The highest BCUT2D eigenvalue weighted by Gasteiger charge is 2.25. The van der Waals surface area contributed by atoms with Crippen molar-refractivity contribution >= 4 is 11.7 Å². The molecule has 1 atom stereocenters. The summed E-state index contributed by atoms with van der Waals surface area (Å²) in [6, 6.07) is 11.3. The molecule has 2 heterocycles. The van der Waals surface area contributed by atoms with Crippen molar-refractivity contribution in [3.63, 3.8) is 0 Å². The lowest BCUT2D eigenvalue weighted by Gasteiger charge is -2.22. The molecule has 1 fully saturated rings. The summed E-state index contributed by atoms with van der Waals surface area (Å²) >= 11 is 0. The van der Waals surface area contributed by atoms with Gasteiger partial charge in [0.15, 0.2) is 0 Å².